The van der Waals surface area contributed by atoms with Gasteiger partial charge in [-0.05, 0) is 37.4 Å². The average Bonchev–Trinajstić information content (AvgIpc) is 2.25. The molecule has 0 unspecified atom stereocenters. The highest BCUT2D eigenvalue weighted by atomic mass is 19.2. The summed E-state index contributed by atoms with van der Waals surface area (Å²) in [7, 11) is 1.31. The molecule has 2 nitrogen and oxygen atoms in total. The second-order valence-corrected chi connectivity index (χ2v) is 3.30. The fraction of sp³-hybridized carbons (Fsp3) is 0.455. The average molecular weight is 215 g/mol. The third-order valence-corrected chi connectivity index (χ3v) is 2.25. The predicted molar refractivity (Wildman–Crippen MR) is 54.9 cm³/mol. The molecule has 0 bridgehead atoms. The lowest BCUT2D eigenvalue weighted by Gasteiger charge is -2.07. The van der Waals surface area contributed by atoms with Crippen molar-refractivity contribution in [3.63, 3.8) is 0 Å². The van der Waals surface area contributed by atoms with Crippen molar-refractivity contribution in [2.24, 2.45) is 5.73 Å². The van der Waals surface area contributed by atoms with Gasteiger partial charge in [0.05, 0.1) is 7.11 Å². The number of nitrogens with two attached hydrogens (primary N) is 1. The van der Waals surface area contributed by atoms with Crippen LogP contribution in [0, 0.1) is 11.6 Å². The molecule has 0 aliphatic rings. The van der Waals surface area contributed by atoms with Gasteiger partial charge in [0.1, 0.15) is 0 Å². The molecule has 0 saturated heterocycles. The third kappa shape index (κ3) is 2.89. The first kappa shape index (κ1) is 11.9. The zero-order chi connectivity index (χ0) is 11.3. The molecule has 15 heavy (non-hydrogen) atoms. The zero-order valence-electron chi connectivity index (χ0n) is 8.72. The van der Waals surface area contributed by atoms with Crippen LogP contribution in [0.4, 0.5) is 8.78 Å². The Kier molecular flexibility index (Phi) is 4.49. The van der Waals surface area contributed by atoms with Crippen LogP contribution in [0.15, 0.2) is 12.1 Å². The van der Waals surface area contributed by atoms with E-state index in [1.54, 1.807) is 6.07 Å². The highest BCUT2D eigenvalue weighted by Gasteiger charge is 2.12. The van der Waals surface area contributed by atoms with Gasteiger partial charge < -0.3 is 10.5 Å². The number of aryl methyl sites for hydroxylation is 1. The number of halogens is 2. The first-order valence-corrected chi connectivity index (χ1v) is 4.91. The number of rotatable bonds is 5. The summed E-state index contributed by atoms with van der Waals surface area (Å²) in [5, 5.41) is 0. The molecular weight excluding hydrogens is 200 g/mol. The molecule has 2 N–H and O–H groups in total. The molecule has 0 aliphatic carbocycles. The maximum absolute atomic E-state index is 13.4. The fourth-order valence-corrected chi connectivity index (χ4v) is 1.38. The van der Waals surface area contributed by atoms with E-state index in [0.29, 0.717) is 18.5 Å². The lowest BCUT2D eigenvalue weighted by atomic mass is 10.1. The molecule has 1 rings (SSSR count). The van der Waals surface area contributed by atoms with Gasteiger partial charge in [0.25, 0.3) is 0 Å². The standard InChI is InChI=1S/C11H15F2NO/c1-15-9-6-5-8(4-2-3-7-14)10(12)11(9)13/h5-6H,2-4,7,14H2,1H3. The van der Waals surface area contributed by atoms with Gasteiger partial charge in [0, 0.05) is 0 Å². The molecule has 84 valence electrons. The molecule has 4 heteroatoms. The second-order valence-electron chi connectivity index (χ2n) is 3.30. The highest BCUT2D eigenvalue weighted by molar-refractivity contribution is 5.31. The molecule has 0 radical (unpaired) electrons. The summed E-state index contributed by atoms with van der Waals surface area (Å²) in [5.41, 5.74) is 5.70. The molecule has 0 aromatic heterocycles. The smallest absolute Gasteiger partial charge is 0.200 e. The summed E-state index contributed by atoms with van der Waals surface area (Å²) in [5.74, 6) is -1.79. The van der Waals surface area contributed by atoms with Crippen molar-refractivity contribution in [2.75, 3.05) is 13.7 Å². The minimum Gasteiger partial charge on any atom is -0.494 e. The van der Waals surface area contributed by atoms with Crippen molar-refractivity contribution in [1.29, 1.82) is 0 Å². The largest absolute Gasteiger partial charge is 0.494 e. The molecule has 0 saturated carbocycles. The van der Waals surface area contributed by atoms with Crippen LogP contribution >= 0.6 is 0 Å². The number of methoxy groups -OCH3 is 1. The van der Waals surface area contributed by atoms with Crippen LogP contribution in [0.3, 0.4) is 0 Å². The second kappa shape index (κ2) is 5.66. The molecule has 1 aromatic rings. The number of hydrogen-bond acceptors (Lipinski definition) is 2. The van der Waals surface area contributed by atoms with Crippen LogP contribution in [-0.4, -0.2) is 13.7 Å². The lowest BCUT2D eigenvalue weighted by molar-refractivity contribution is 0.370. The van der Waals surface area contributed by atoms with E-state index in [0.717, 1.165) is 12.8 Å². The molecule has 0 amide bonds. The monoisotopic (exact) mass is 215 g/mol. The SMILES string of the molecule is COc1ccc(CCCCN)c(F)c1F. The first-order chi connectivity index (χ1) is 7.20. The summed E-state index contributed by atoms with van der Waals surface area (Å²) in [6.45, 7) is 0.570. The van der Waals surface area contributed by atoms with E-state index >= 15 is 0 Å². The van der Waals surface area contributed by atoms with Gasteiger partial charge in [-0.15, -0.1) is 0 Å². The molecule has 0 heterocycles. The molecule has 0 atom stereocenters. The fourth-order valence-electron chi connectivity index (χ4n) is 1.38. The van der Waals surface area contributed by atoms with Crippen LogP contribution in [0.1, 0.15) is 18.4 Å². The number of benzene rings is 1. The van der Waals surface area contributed by atoms with Crippen LogP contribution in [0.2, 0.25) is 0 Å². The van der Waals surface area contributed by atoms with Gasteiger partial charge in [-0.1, -0.05) is 6.07 Å². The maximum Gasteiger partial charge on any atom is 0.200 e. The summed E-state index contributed by atoms with van der Waals surface area (Å²) >= 11 is 0. The van der Waals surface area contributed by atoms with E-state index in [1.807, 2.05) is 0 Å². The molecular formula is C11H15F2NO. The minimum atomic E-state index is -0.914. The van der Waals surface area contributed by atoms with Crippen LogP contribution < -0.4 is 10.5 Å². The van der Waals surface area contributed by atoms with Crippen molar-refractivity contribution in [2.45, 2.75) is 19.3 Å². The van der Waals surface area contributed by atoms with Crippen molar-refractivity contribution in [3.05, 3.63) is 29.3 Å². The Bertz CT molecular complexity index is 329. The highest BCUT2D eigenvalue weighted by Crippen LogP contribution is 2.23. The van der Waals surface area contributed by atoms with E-state index in [4.69, 9.17) is 5.73 Å². The maximum atomic E-state index is 13.4. The Morgan fingerprint density at radius 1 is 1.20 bits per heavy atom. The predicted octanol–water partition coefficient (Wildman–Crippen LogP) is 2.25. The molecule has 1 aromatic carbocycles. The quantitative estimate of drug-likeness (QED) is 0.764. The summed E-state index contributed by atoms with van der Waals surface area (Å²) < 4.78 is 31.3. The van der Waals surface area contributed by atoms with Crippen molar-refractivity contribution >= 4 is 0 Å². The van der Waals surface area contributed by atoms with Gasteiger partial charge in [-0.3, -0.25) is 0 Å². The minimum absolute atomic E-state index is 0.0601. The summed E-state index contributed by atoms with van der Waals surface area (Å²) in [6, 6.07) is 2.99. The van der Waals surface area contributed by atoms with Crippen molar-refractivity contribution < 1.29 is 13.5 Å². The summed E-state index contributed by atoms with van der Waals surface area (Å²) in [6.07, 6.45) is 2.08. The number of unbranched alkanes of at least 4 members (excludes halogenated alkanes) is 1. The van der Waals surface area contributed by atoms with Gasteiger partial charge in [-0.2, -0.15) is 4.39 Å². The van der Waals surface area contributed by atoms with Gasteiger partial charge >= 0.3 is 0 Å². The van der Waals surface area contributed by atoms with Gasteiger partial charge in [-0.25, -0.2) is 4.39 Å². The van der Waals surface area contributed by atoms with E-state index in [2.05, 4.69) is 4.74 Å². The van der Waals surface area contributed by atoms with Gasteiger partial charge in [0.15, 0.2) is 11.6 Å². The molecule has 0 spiro atoms. The Labute approximate surface area is 88.0 Å². The lowest BCUT2D eigenvalue weighted by Crippen LogP contribution is -2.01. The van der Waals surface area contributed by atoms with E-state index in [9.17, 15) is 8.78 Å². The van der Waals surface area contributed by atoms with E-state index in [1.165, 1.54) is 13.2 Å². The normalized spacial score (nSPS) is 10.4. The van der Waals surface area contributed by atoms with E-state index in [-0.39, 0.29) is 5.75 Å². The molecule has 0 aliphatic heterocycles. The third-order valence-electron chi connectivity index (χ3n) is 2.25. The summed E-state index contributed by atoms with van der Waals surface area (Å²) in [4.78, 5) is 0. The first-order valence-electron chi connectivity index (χ1n) is 4.91. The Morgan fingerprint density at radius 3 is 2.53 bits per heavy atom. The van der Waals surface area contributed by atoms with Gasteiger partial charge in [0.2, 0.25) is 5.82 Å². The van der Waals surface area contributed by atoms with Crippen LogP contribution in [0.25, 0.3) is 0 Å². The zero-order valence-corrected chi connectivity index (χ0v) is 8.72. The van der Waals surface area contributed by atoms with Crippen molar-refractivity contribution in [1.82, 2.24) is 0 Å². The number of ether oxygens (including phenoxy) is 1. The van der Waals surface area contributed by atoms with Crippen molar-refractivity contribution in [3.8, 4) is 5.75 Å². The Balaban J connectivity index is 2.77. The molecule has 0 fully saturated rings. The van der Waals surface area contributed by atoms with E-state index < -0.39 is 11.6 Å². The Morgan fingerprint density at radius 2 is 1.93 bits per heavy atom. The number of hydrogen-bond donors (Lipinski definition) is 1. The topological polar surface area (TPSA) is 35.2 Å². The Hall–Kier alpha value is -1.16. The van der Waals surface area contributed by atoms with Crippen LogP contribution in [-0.2, 0) is 6.42 Å². The van der Waals surface area contributed by atoms with Crippen LogP contribution in [0.5, 0.6) is 5.75 Å².